The first-order valence-electron chi connectivity index (χ1n) is 4.36. The molecule has 0 aliphatic rings. The number of hydrogen-bond acceptors (Lipinski definition) is 4. The van der Waals surface area contributed by atoms with Crippen LogP contribution in [0.1, 0.15) is 29.1 Å². The number of rotatable bonds is 4. The van der Waals surface area contributed by atoms with Crippen LogP contribution in [0.15, 0.2) is 11.4 Å². The normalized spacial score (nSPS) is 11.9. The van der Waals surface area contributed by atoms with Gasteiger partial charge in [-0.1, -0.05) is 0 Å². The largest absolute Gasteiger partial charge is 0.477 e. The smallest absolute Gasteiger partial charge is 0.346 e. The molecule has 1 heterocycles. The van der Waals surface area contributed by atoms with E-state index in [4.69, 9.17) is 5.11 Å². The minimum Gasteiger partial charge on any atom is -0.477 e. The monoisotopic (exact) mass is 248 g/mol. The molecule has 0 bridgehead atoms. The summed E-state index contributed by atoms with van der Waals surface area (Å²) >= 11 is 1.05. The number of thiophene rings is 1. The van der Waals surface area contributed by atoms with Gasteiger partial charge in [-0.25, -0.2) is 13.2 Å². The van der Waals surface area contributed by atoms with Crippen LogP contribution in [-0.4, -0.2) is 24.7 Å². The highest BCUT2D eigenvalue weighted by molar-refractivity contribution is 7.91. The van der Waals surface area contributed by atoms with Gasteiger partial charge in [0.05, 0.1) is 11.0 Å². The fraction of sp³-hybridized carbons (Fsp3) is 0.444. The molecular weight excluding hydrogens is 236 g/mol. The summed E-state index contributed by atoms with van der Waals surface area (Å²) in [6.07, 6.45) is 0. The Morgan fingerprint density at radius 3 is 2.60 bits per heavy atom. The Bertz CT molecular complexity index is 456. The van der Waals surface area contributed by atoms with Crippen molar-refractivity contribution in [1.29, 1.82) is 0 Å². The van der Waals surface area contributed by atoms with E-state index in [1.807, 2.05) is 0 Å². The molecule has 0 aliphatic carbocycles. The molecule has 0 fully saturated rings. The Kier molecular flexibility index (Phi) is 3.51. The van der Waals surface area contributed by atoms with Crippen molar-refractivity contribution in [1.82, 2.24) is 0 Å². The number of carbonyl (C=O) groups is 1. The van der Waals surface area contributed by atoms with Crippen molar-refractivity contribution in [2.45, 2.75) is 24.9 Å². The first-order chi connectivity index (χ1) is 6.84. The quantitative estimate of drug-likeness (QED) is 0.881. The van der Waals surface area contributed by atoms with E-state index in [9.17, 15) is 13.2 Å². The lowest BCUT2D eigenvalue weighted by molar-refractivity contribution is 0.0701. The van der Waals surface area contributed by atoms with Gasteiger partial charge in [-0.2, -0.15) is 0 Å². The van der Waals surface area contributed by atoms with Gasteiger partial charge >= 0.3 is 5.97 Å². The van der Waals surface area contributed by atoms with Crippen LogP contribution < -0.4 is 0 Å². The minimum atomic E-state index is -3.23. The zero-order chi connectivity index (χ0) is 11.6. The second-order valence-corrected chi connectivity index (χ2v) is 6.91. The van der Waals surface area contributed by atoms with Crippen LogP contribution in [0.25, 0.3) is 0 Å². The van der Waals surface area contributed by atoms with Crippen LogP contribution in [0.3, 0.4) is 0 Å². The molecule has 0 unspecified atom stereocenters. The van der Waals surface area contributed by atoms with Crippen molar-refractivity contribution in [2.24, 2.45) is 0 Å². The summed E-state index contributed by atoms with van der Waals surface area (Å²) in [5.41, 5.74) is 0.376. The summed E-state index contributed by atoms with van der Waals surface area (Å²) in [5, 5.41) is 9.91. The van der Waals surface area contributed by atoms with E-state index in [1.54, 1.807) is 25.3 Å². The average Bonchev–Trinajstić information content (AvgIpc) is 2.51. The Balaban J connectivity index is 3.01. The number of carboxylic acid groups (broad SMARTS) is 1. The van der Waals surface area contributed by atoms with Crippen LogP contribution in [0, 0.1) is 0 Å². The van der Waals surface area contributed by atoms with Crippen molar-refractivity contribution in [3.8, 4) is 0 Å². The van der Waals surface area contributed by atoms with Gasteiger partial charge in [-0.05, 0) is 30.9 Å². The van der Waals surface area contributed by atoms with Crippen LogP contribution in [0.5, 0.6) is 0 Å². The Morgan fingerprint density at radius 1 is 1.53 bits per heavy atom. The van der Waals surface area contributed by atoms with E-state index >= 15 is 0 Å². The van der Waals surface area contributed by atoms with Crippen LogP contribution in [0.2, 0.25) is 0 Å². The molecule has 1 N–H and O–H groups in total. The van der Waals surface area contributed by atoms with E-state index in [0.29, 0.717) is 5.56 Å². The standard InChI is InChI=1S/C9H12O4S2/c1-6(2)15(12,13)5-7-3-4-14-8(7)9(10)11/h3-4,6H,5H2,1-2H3,(H,10,11). The maximum Gasteiger partial charge on any atom is 0.346 e. The average molecular weight is 248 g/mol. The lowest BCUT2D eigenvalue weighted by atomic mass is 10.3. The Morgan fingerprint density at radius 2 is 2.13 bits per heavy atom. The van der Waals surface area contributed by atoms with E-state index in [1.165, 1.54) is 0 Å². The highest BCUT2D eigenvalue weighted by Gasteiger charge is 2.21. The van der Waals surface area contributed by atoms with Crippen LogP contribution in [0.4, 0.5) is 0 Å². The van der Waals surface area contributed by atoms with E-state index in [0.717, 1.165) is 11.3 Å². The van der Waals surface area contributed by atoms with Crippen molar-refractivity contribution in [3.05, 3.63) is 21.9 Å². The van der Waals surface area contributed by atoms with Crippen molar-refractivity contribution < 1.29 is 18.3 Å². The highest BCUT2D eigenvalue weighted by Crippen LogP contribution is 2.20. The van der Waals surface area contributed by atoms with Crippen molar-refractivity contribution in [3.63, 3.8) is 0 Å². The van der Waals surface area contributed by atoms with Crippen molar-refractivity contribution in [2.75, 3.05) is 0 Å². The molecule has 0 atom stereocenters. The lowest BCUT2D eigenvalue weighted by Crippen LogP contribution is -2.16. The van der Waals surface area contributed by atoms with Crippen molar-refractivity contribution >= 4 is 27.1 Å². The van der Waals surface area contributed by atoms with Gasteiger partial charge in [0.15, 0.2) is 9.84 Å². The first-order valence-corrected chi connectivity index (χ1v) is 6.95. The van der Waals surface area contributed by atoms with Crippen LogP contribution in [-0.2, 0) is 15.6 Å². The van der Waals surface area contributed by atoms with Gasteiger partial charge < -0.3 is 5.11 Å². The summed E-state index contributed by atoms with van der Waals surface area (Å²) in [5.74, 6) is -1.27. The number of hydrogen-bond donors (Lipinski definition) is 1. The molecule has 4 nitrogen and oxygen atoms in total. The fourth-order valence-corrected chi connectivity index (χ4v) is 2.88. The number of aromatic carboxylic acids is 1. The highest BCUT2D eigenvalue weighted by atomic mass is 32.2. The summed E-state index contributed by atoms with van der Waals surface area (Å²) < 4.78 is 23.2. The number of sulfone groups is 1. The molecule has 0 saturated carbocycles. The van der Waals surface area contributed by atoms with Gasteiger partial charge in [-0.15, -0.1) is 11.3 Å². The predicted molar refractivity (Wildman–Crippen MR) is 59.0 cm³/mol. The molecule has 1 aromatic rings. The van der Waals surface area contributed by atoms with Gasteiger partial charge in [0.2, 0.25) is 0 Å². The summed E-state index contributed by atoms with van der Waals surface area (Å²) in [4.78, 5) is 10.9. The van der Waals surface area contributed by atoms with E-state index in [2.05, 4.69) is 0 Å². The summed E-state index contributed by atoms with van der Waals surface area (Å²) in [6, 6.07) is 1.55. The second kappa shape index (κ2) is 4.32. The molecule has 84 valence electrons. The molecule has 0 radical (unpaired) electrons. The predicted octanol–water partition coefficient (Wildman–Crippen LogP) is 1.77. The van der Waals surface area contributed by atoms with E-state index in [-0.39, 0.29) is 10.6 Å². The zero-order valence-corrected chi connectivity index (χ0v) is 10.1. The summed E-state index contributed by atoms with van der Waals surface area (Å²) in [6.45, 7) is 3.17. The maximum atomic E-state index is 11.6. The summed E-state index contributed by atoms with van der Waals surface area (Å²) in [7, 11) is -3.23. The Labute approximate surface area is 92.5 Å². The lowest BCUT2D eigenvalue weighted by Gasteiger charge is -2.06. The topological polar surface area (TPSA) is 71.4 Å². The van der Waals surface area contributed by atoms with Gasteiger partial charge in [0.1, 0.15) is 4.88 Å². The molecule has 0 aliphatic heterocycles. The molecule has 15 heavy (non-hydrogen) atoms. The molecule has 0 aromatic carbocycles. The fourth-order valence-electron chi connectivity index (χ4n) is 1.02. The molecule has 1 rings (SSSR count). The SMILES string of the molecule is CC(C)S(=O)(=O)Cc1ccsc1C(=O)O. The molecule has 1 aromatic heterocycles. The molecule has 0 amide bonds. The van der Waals surface area contributed by atoms with Gasteiger partial charge in [-0.3, -0.25) is 0 Å². The zero-order valence-electron chi connectivity index (χ0n) is 8.43. The Hall–Kier alpha value is -0.880. The first kappa shape index (κ1) is 12.2. The third-order valence-electron chi connectivity index (χ3n) is 2.02. The van der Waals surface area contributed by atoms with Gasteiger partial charge in [0.25, 0.3) is 0 Å². The minimum absolute atomic E-state index is 0.110. The van der Waals surface area contributed by atoms with Crippen LogP contribution >= 0.6 is 11.3 Å². The molecule has 0 saturated heterocycles. The second-order valence-electron chi connectivity index (χ2n) is 3.44. The van der Waals surface area contributed by atoms with E-state index < -0.39 is 21.1 Å². The maximum absolute atomic E-state index is 11.6. The molecule has 0 spiro atoms. The van der Waals surface area contributed by atoms with Gasteiger partial charge in [0, 0.05) is 0 Å². The third kappa shape index (κ3) is 2.79. The molecule has 6 heteroatoms. The molecular formula is C9H12O4S2. The number of carboxylic acids is 1. The third-order valence-corrected chi connectivity index (χ3v) is 5.11.